The molecule has 9 heteroatoms. The Morgan fingerprint density at radius 2 is 1.84 bits per heavy atom. The molecular formula is C29H41FN6O2. The van der Waals surface area contributed by atoms with Crippen LogP contribution in [0.3, 0.4) is 0 Å². The van der Waals surface area contributed by atoms with Gasteiger partial charge < -0.3 is 15.7 Å². The second-order valence-electron chi connectivity index (χ2n) is 12.4. The van der Waals surface area contributed by atoms with E-state index in [1.165, 1.54) is 12.7 Å². The van der Waals surface area contributed by atoms with Gasteiger partial charge in [-0.25, -0.2) is 19.0 Å². The summed E-state index contributed by atoms with van der Waals surface area (Å²) in [5.41, 5.74) is 8.59. The number of carbonyl (C=O) groups is 1. The molecule has 0 bridgehead atoms. The zero-order chi connectivity index (χ0) is 26.6. The van der Waals surface area contributed by atoms with Gasteiger partial charge in [0.1, 0.15) is 18.3 Å². The first-order valence-corrected chi connectivity index (χ1v) is 14.6. The molecule has 3 fully saturated rings. The average molecular weight is 525 g/mol. The number of amides is 1. The molecule has 0 saturated heterocycles. The molecule has 0 radical (unpaired) electrons. The molecule has 3 saturated carbocycles. The molecule has 206 valence electrons. The van der Waals surface area contributed by atoms with E-state index in [0.29, 0.717) is 53.8 Å². The van der Waals surface area contributed by atoms with Crippen LogP contribution in [-0.2, 0) is 11.3 Å². The number of halogens is 1. The van der Waals surface area contributed by atoms with Crippen molar-refractivity contribution in [2.24, 2.45) is 23.7 Å². The number of hydrogen-bond donors (Lipinski definition) is 2. The zero-order valence-corrected chi connectivity index (χ0v) is 22.6. The normalized spacial score (nSPS) is 36.3. The predicted molar refractivity (Wildman–Crippen MR) is 144 cm³/mol. The standard InChI is InChI=1S/C29H41FN6O2/c1-16-6-3-4-9-23(16)36-21(11-18-8-5-7-17(2)24(18)29(36)38)14-35-28-25(27(31)32-15-33-28)26(34-35)19-10-20(30)13-22(37)12-19/h11,15-20,22-24,37H,3-10,12-14H2,1-2H3,(H2,31,32,33). The number of nitrogen functional groups attached to an aromatic ring is 1. The number of alkyl halides is 1. The van der Waals surface area contributed by atoms with Crippen LogP contribution in [0.2, 0.25) is 0 Å². The fraction of sp³-hybridized carbons (Fsp3) is 0.724. The topological polar surface area (TPSA) is 110 Å². The summed E-state index contributed by atoms with van der Waals surface area (Å²) < 4.78 is 16.3. The number of hydrogen-bond acceptors (Lipinski definition) is 6. The highest BCUT2D eigenvalue weighted by Crippen LogP contribution is 2.44. The monoisotopic (exact) mass is 524 g/mol. The van der Waals surface area contributed by atoms with Crippen LogP contribution < -0.4 is 5.73 Å². The van der Waals surface area contributed by atoms with Crippen molar-refractivity contribution in [1.29, 1.82) is 0 Å². The number of aliphatic hydroxyl groups is 1. The lowest BCUT2D eigenvalue weighted by molar-refractivity contribution is -0.143. The molecular weight excluding hydrogens is 483 g/mol. The molecule has 0 aromatic carbocycles. The Bertz CT molecular complexity index is 1220. The van der Waals surface area contributed by atoms with E-state index in [9.17, 15) is 14.3 Å². The van der Waals surface area contributed by atoms with Crippen molar-refractivity contribution in [2.75, 3.05) is 5.73 Å². The summed E-state index contributed by atoms with van der Waals surface area (Å²) in [7, 11) is 0. The fourth-order valence-electron chi connectivity index (χ4n) is 7.94. The lowest BCUT2D eigenvalue weighted by Gasteiger charge is -2.48. The smallest absolute Gasteiger partial charge is 0.231 e. The minimum Gasteiger partial charge on any atom is -0.393 e. The number of aliphatic hydroxyl groups excluding tert-OH is 1. The van der Waals surface area contributed by atoms with Gasteiger partial charge in [-0.1, -0.05) is 39.2 Å². The van der Waals surface area contributed by atoms with Gasteiger partial charge in [0.2, 0.25) is 5.91 Å². The van der Waals surface area contributed by atoms with E-state index >= 15 is 0 Å². The van der Waals surface area contributed by atoms with Gasteiger partial charge in [-0.05, 0) is 56.3 Å². The maximum Gasteiger partial charge on any atom is 0.231 e. The van der Waals surface area contributed by atoms with Crippen LogP contribution >= 0.6 is 0 Å². The highest BCUT2D eigenvalue weighted by Gasteiger charge is 2.45. The molecule has 8 atom stereocenters. The van der Waals surface area contributed by atoms with Gasteiger partial charge in [-0.15, -0.1) is 0 Å². The summed E-state index contributed by atoms with van der Waals surface area (Å²) >= 11 is 0. The molecule has 0 spiro atoms. The maximum absolute atomic E-state index is 14.5. The Hall–Kier alpha value is -2.55. The van der Waals surface area contributed by atoms with E-state index in [2.05, 4.69) is 34.8 Å². The van der Waals surface area contributed by atoms with Crippen molar-refractivity contribution in [3.05, 3.63) is 23.8 Å². The Balaban J connectivity index is 1.42. The Kier molecular flexibility index (Phi) is 6.91. The van der Waals surface area contributed by atoms with Gasteiger partial charge in [0.15, 0.2) is 5.65 Å². The molecule has 2 aromatic rings. The number of nitrogens with zero attached hydrogens (tertiary/aromatic N) is 5. The van der Waals surface area contributed by atoms with Crippen LogP contribution in [-0.4, -0.2) is 54.0 Å². The SMILES string of the molecule is CC1CCCC2C=C(Cn3nc(C4CC(O)CC(F)C4)c4c(N)ncnc43)N(C3CCCCC3C)C(=O)C12. The van der Waals surface area contributed by atoms with Crippen molar-refractivity contribution in [2.45, 2.75) is 109 Å². The van der Waals surface area contributed by atoms with Crippen LogP contribution in [0.15, 0.2) is 18.1 Å². The first kappa shape index (κ1) is 25.7. The number of allylic oxidation sites excluding steroid dienone is 2. The highest BCUT2D eigenvalue weighted by molar-refractivity contribution is 5.89. The number of fused-ring (bicyclic) bond motifs is 2. The molecule has 3 aliphatic carbocycles. The Morgan fingerprint density at radius 1 is 1.05 bits per heavy atom. The van der Waals surface area contributed by atoms with Crippen LogP contribution in [0.25, 0.3) is 11.0 Å². The molecule has 8 unspecified atom stereocenters. The number of nitrogens with two attached hydrogens (primary N) is 1. The summed E-state index contributed by atoms with van der Waals surface area (Å²) in [6.07, 6.45) is 10.7. The minimum atomic E-state index is -1.08. The van der Waals surface area contributed by atoms with Crippen LogP contribution in [0, 0.1) is 23.7 Å². The van der Waals surface area contributed by atoms with E-state index in [-0.39, 0.29) is 36.1 Å². The average Bonchev–Trinajstić information content (AvgIpc) is 3.24. The molecule has 38 heavy (non-hydrogen) atoms. The van der Waals surface area contributed by atoms with Crippen molar-refractivity contribution in [1.82, 2.24) is 24.6 Å². The minimum absolute atomic E-state index is 0.0507. The van der Waals surface area contributed by atoms with Gasteiger partial charge in [-0.2, -0.15) is 5.10 Å². The van der Waals surface area contributed by atoms with E-state index in [0.717, 1.165) is 44.2 Å². The number of aromatic nitrogens is 4. The van der Waals surface area contributed by atoms with Gasteiger partial charge in [0, 0.05) is 30.0 Å². The van der Waals surface area contributed by atoms with E-state index in [1.54, 1.807) is 0 Å². The summed E-state index contributed by atoms with van der Waals surface area (Å²) in [5, 5.41) is 15.9. The summed E-state index contributed by atoms with van der Waals surface area (Å²) in [5.74, 6) is 1.47. The molecule has 3 heterocycles. The number of carbonyl (C=O) groups excluding carboxylic acids is 1. The number of rotatable bonds is 4. The van der Waals surface area contributed by atoms with Crippen molar-refractivity contribution < 1.29 is 14.3 Å². The van der Waals surface area contributed by atoms with Gasteiger partial charge >= 0.3 is 0 Å². The second kappa shape index (κ2) is 10.2. The summed E-state index contributed by atoms with van der Waals surface area (Å²) in [4.78, 5) is 25.1. The van der Waals surface area contributed by atoms with Crippen molar-refractivity contribution in [3.63, 3.8) is 0 Å². The molecule has 6 rings (SSSR count). The summed E-state index contributed by atoms with van der Waals surface area (Å²) in [6, 6.07) is 0.194. The molecule has 1 amide bonds. The first-order chi connectivity index (χ1) is 18.3. The van der Waals surface area contributed by atoms with E-state index < -0.39 is 12.3 Å². The molecule has 3 N–H and O–H groups in total. The van der Waals surface area contributed by atoms with Gasteiger partial charge in [-0.3, -0.25) is 4.79 Å². The quantitative estimate of drug-likeness (QED) is 0.598. The molecule has 4 aliphatic rings. The first-order valence-electron chi connectivity index (χ1n) is 14.6. The van der Waals surface area contributed by atoms with Crippen LogP contribution in [0.5, 0.6) is 0 Å². The van der Waals surface area contributed by atoms with Gasteiger partial charge in [0.05, 0.1) is 23.7 Å². The van der Waals surface area contributed by atoms with Crippen LogP contribution in [0.4, 0.5) is 10.2 Å². The Morgan fingerprint density at radius 3 is 2.63 bits per heavy atom. The Labute approximate surface area is 223 Å². The maximum atomic E-state index is 14.5. The third kappa shape index (κ3) is 4.50. The van der Waals surface area contributed by atoms with E-state index in [4.69, 9.17) is 10.8 Å². The lowest BCUT2D eigenvalue weighted by atomic mass is 9.69. The second-order valence-corrected chi connectivity index (χ2v) is 12.4. The summed E-state index contributed by atoms with van der Waals surface area (Å²) in [6.45, 7) is 4.93. The van der Waals surface area contributed by atoms with Crippen LogP contribution in [0.1, 0.15) is 89.7 Å². The highest BCUT2D eigenvalue weighted by atomic mass is 19.1. The van der Waals surface area contributed by atoms with Crippen molar-refractivity contribution >= 4 is 22.8 Å². The molecule has 2 aromatic heterocycles. The largest absolute Gasteiger partial charge is 0.393 e. The zero-order valence-electron chi connectivity index (χ0n) is 22.6. The predicted octanol–water partition coefficient (Wildman–Crippen LogP) is 4.73. The molecule has 8 nitrogen and oxygen atoms in total. The van der Waals surface area contributed by atoms with E-state index in [1.807, 2.05) is 4.68 Å². The number of anilines is 1. The van der Waals surface area contributed by atoms with Gasteiger partial charge in [0.25, 0.3) is 0 Å². The molecule has 1 aliphatic heterocycles. The van der Waals surface area contributed by atoms with Crippen molar-refractivity contribution in [3.8, 4) is 0 Å². The lowest BCUT2D eigenvalue weighted by Crippen LogP contribution is -2.53. The third-order valence-corrected chi connectivity index (χ3v) is 9.82. The fourth-order valence-corrected chi connectivity index (χ4v) is 7.94. The third-order valence-electron chi connectivity index (χ3n) is 9.82.